The predicted molar refractivity (Wildman–Crippen MR) is 118 cm³/mol. The van der Waals surface area contributed by atoms with Gasteiger partial charge in [0.15, 0.2) is 5.82 Å². The largest absolute Gasteiger partial charge is 0.376 e. The van der Waals surface area contributed by atoms with Crippen molar-refractivity contribution >= 4 is 22.8 Å². The molecule has 3 heterocycles. The molecular weight excluding hydrogens is 392 g/mol. The van der Waals surface area contributed by atoms with Gasteiger partial charge in [0.2, 0.25) is 5.91 Å². The number of benzene rings is 1. The average Bonchev–Trinajstić information content (AvgIpc) is 3.41. The molecule has 31 heavy (non-hydrogen) atoms. The first-order chi connectivity index (χ1) is 15.0. The second kappa shape index (κ2) is 7.93. The summed E-state index contributed by atoms with van der Waals surface area (Å²) in [5.74, 6) is 0.876. The van der Waals surface area contributed by atoms with Crippen LogP contribution in [0.5, 0.6) is 0 Å². The van der Waals surface area contributed by atoms with Crippen molar-refractivity contribution in [3.8, 4) is 0 Å². The zero-order valence-electron chi connectivity index (χ0n) is 18.5. The fraction of sp³-hybridized carbons (Fsp3) is 0.625. The molecule has 0 unspecified atom stereocenters. The van der Waals surface area contributed by atoms with Crippen molar-refractivity contribution in [1.82, 2.24) is 19.8 Å². The molecule has 1 aliphatic carbocycles. The molecule has 5 rings (SSSR count). The molecule has 0 bridgehead atoms. The molecule has 2 aliphatic heterocycles. The standard InChI is InChI=1S/C24H32N4O3/c1-16-9-11-17(12-10-16)25-23(30)24(2)15-27-20-8-4-3-7-19(20)26-21(27)22(29)28(24)14-18-6-5-13-31-18/h3-4,7-8,16-18H,5-6,9-15H2,1-2H3,(H,25,30)/t16?,17?,18-,24-/m0/s1. The summed E-state index contributed by atoms with van der Waals surface area (Å²) in [6.45, 7) is 5.71. The molecule has 7 heteroatoms. The average molecular weight is 425 g/mol. The molecule has 3 aliphatic rings. The molecule has 2 amide bonds. The number of carbonyl (C=O) groups excluding carboxylic acids is 2. The first-order valence-corrected chi connectivity index (χ1v) is 11.7. The lowest BCUT2D eigenvalue weighted by atomic mass is 9.86. The van der Waals surface area contributed by atoms with Crippen LogP contribution in [-0.4, -0.2) is 57.1 Å². The molecule has 1 N–H and O–H groups in total. The van der Waals surface area contributed by atoms with Crippen LogP contribution in [0.1, 0.15) is 63.0 Å². The number of ether oxygens (including phenoxy) is 1. The quantitative estimate of drug-likeness (QED) is 0.818. The number of hydrogen-bond donors (Lipinski definition) is 1. The minimum atomic E-state index is -0.984. The van der Waals surface area contributed by atoms with Gasteiger partial charge in [-0.3, -0.25) is 9.59 Å². The summed E-state index contributed by atoms with van der Waals surface area (Å²) < 4.78 is 7.76. The first kappa shape index (κ1) is 20.5. The van der Waals surface area contributed by atoms with E-state index >= 15 is 0 Å². The van der Waals surface area contributed by atoms with E-state index in [0.717, 1.165) is 55.5 Å². The Hall–Kier alpha value is -2.41. The van der Waals surface area contributed by atoms with Crippen LogP contribution in [0.25, 0.3) is 11.0 Å². The summed E-state index contributed by atoms with van der Waals surface area (Å²) in [5, 5.41) is 3.29. The third-order valence-corrected chi connectivity index (χ3v) is 7.40. The highest BCUT2D eigenvalue weighted by Gasteiger charge is 2.49. The van der Waals surface area contributed by atoms with Crippen LogP contribution in [-0.2, 0) is 16.1 Å². The van der Waals surface area contributed by atoms with Gasteiger partial charge >= 0.3 is 0 Å². The molecule has 166 valence electrons. The second-order valence-electron chi connectivity index (χ2n) is 9.77. The Morgan fingerprint density at radius 1 is 1.23 bits per heavy atom. The molecular formula is C24H32N4O3. The normalized spacial score (nSPS) is 31.1. The second-order valence-corrected chi connectivity index (χ2v) is 9.77. The predicted octanol–water partition coefficient (Wildman–Crippen LogP) is 3.12. The summed E-state index contributed by atoms with van der Waals surface area (Å²) in [6.07, 6.45) is 6.16. The zero-order chi connectivity index (χ0) is 21.6. The fourth-order valence-corrected chi connectivity index (χ4v) is 5.35. The van der Waals surface area contributed by atoms with Crippen molar-refractivity contribution in [2.45, 2.75) is 76.6 Å². The molecule has 0 radical (unpaired) electrons. The SMILES string of the molecule is CC1CCC(NC(=O)[C@]2(C)Cn3c(nc4ccccc43)C(=O)N2C[C@@H]2CCCO2)CC1. The minimum Gasteiger partial charge on any atom is -0.376 e. The van der Waals surface area contributed by atoms with Crippen molar-refractivity contribution < 1.29 is 14.3 Å². The van der Waals surface area contributed by atoms with Crippen LogP contribution >= 0.6 is 0 Å². The van der Waals surface area contributed by atoms with Crippen LogP contribution in [0.2, 0.25) is 0 Å². The number of amides is 2. The van der Waals surface area contributed by atoms with E-state index < -0.39 is 5.54 Å². The Balaban J connectivity index is 1.48. The number of carbonyl (C=O) groups is 2. The van der Waals surface area contributed by atoms with Gasteiger partial charge in [0.25, 0.3) is 5.91 Å². The molecule has 1 aromatic carbocycles. The Labute approximate surface area is 183 Å². The van der Waals surface area contributed by atoms with Gasteiger partial charge in [-0.05, 0) is 63.5 Å². The lowest BCUT2D eigenvalue weighted by Gasteiger charge is -2.45. The molecule has 7 nitrogen and oxygen atoms in total. The summed E-state index contributed by atoms with van der Waals surface area (Å²) >= 11 is 0. The monoisotopic (exact) mass is 424 g/mol. The highest BCUT2D eigenvalue weighted by Crippen LogP contribution is 2.32. The maximum atomic E-state index is 13.7. The Morgan fingerprint density at radius 2 is 2.00 bits per heavy atom. The van der Waals surface area contributed by atoms with Gasteiger partial charge in [-0.15, -0.1) is 0 Å². The summed E-state index contributed by atoms with van der Waals surface area (Å²) in [6, 6.07) is 7.93. The van der Waals surface area contributed by atoms with Crippen molar-refractivity contribution in [3.63, 3.8) is 0 Å². The zero-order valence-corrected chi connectivity index (χ0v) is 18.5. The van der Waals surface area contributed by atoms with E-state index in [-0.39, 0.29) is 24.0 Å². The van der Waals surface area contributed by atoms with Crippen molar-refractivity contribution in [1.29, 1.82) is 0 Å². The van der Waals surface area contributed by atoms with Crippen LogP contribution in [0.15, 0.2) is 24.3 Å². The summed E-state index contributed by atoms with van der Waals surface area (Å²) in [4.78, 5) is 33.7. The number of nitrogens with one attached hydrogen (secondary N) is 1. The molecule has 2 atom stereocenters. The van der Waals surface area contributed by atoms with Crippen LogP contribution < -0.4 is 5.32 Å². The van der Waals surface area contributed by atoms with E-state index in [1.807, 2.05) is 35.8 Å². The van der Waals surface area contributed by atoms with E-state index in [1.165, 1.54) is 0 Å². The summed E-state index contributed by atoms with van der Waals surface area (Å²) in [5.41, 5.74) is 0.699. The van der Waals surface area contributed by atoms with Gasteiger partial charge < -0.3 is 19.5 Å². The van der Waals surface area contributed by atoms with Crippen LogP contribution in [0, 0.1) is 5.92 Å². The maximum absolute atomic E-state index is 13.7. The smallest absolute Gasteiger partial charge is 0.290 e. The summed E-state index contributed by atoms with van der Waals surface area (Å²) in [7, 11) is 0. The molecule has 1 saturated carbocycles. The Morgan fingerprint density at radius 3 is 2.74 bits per heavy atom. The van der Waals surface area contributed by atoms with Crippen LogP contribution in [0.4, 0.5) is 0 Å². The number of imidazole rings is 1. The lowest BCUT2D eigenvalue weighted by Crippen LogP contribution is -2.66. The molecule has 0 spiro atoms. The van der Waals surface area contributed by atoms with Gasteiger partial charge in [0.05, 0.1) is 23.7 Å². The number of fused-ring (bicyclic) bond motifs is 3. The number of rotatable bonds is 4. The maximum Gasteiger partial charge on any atom is 0.290 e. The molecule has 2 aromatic rings. The van der Waals surface area contributed by atoms with Crippen molar-refractivity contribution in [2.24, 2.45) is 5.92 Å². The molecule has 2 fully saturated rings. The van der Waals surface area contributed by atoms with Gasteiger partial charge in [-0.1, -0.05) is 19.1 Å². The highest BCUT2D eigenvalue weighted by molar-refractivity contribution is 6.01. The molecule has 1 saturated heterocycles. The van der Waals surface area contributed by atoms with E-state index in [1.54, 1.807) is 4.90 Å². The van der Waals surface area contributed by atoms with Gasteiger partial charge in [0.1, 0.15) is 5.54 Å². The first-order valence-electron chi connectivity index (χ1n) is 11.7. The number of aromatic nitrogens is 2. The Bertz CT molecular complexity index is 988. The third-order valence-electron chi connectivity index (χ3n) is 7.40. The van der Waals surface area contributed by atoms with E-state index in [9.17, 15) is 9.59 Å². The fourth-order valence-electron chi connectivity index (χ4n) is 5.35. The van der Waals surface area contributed by atoms with E-state index in [4.69, 9.17) is 4.74 Å². The number of hydrogen-bond acceptors (Lipinski definition) is 4. The third kappa shape index (κ3) is 3.63. The lowest BCUT2D eigenvalue weighted by molar-refractivity contribution is -0.134. The van der Waals surface area contributed by atoms with Crippen molar-refractivity contribution in [3.05, 3.63) is 30.1 Å². The number of para-hydroxylation sites is 2. The van der Waals surface area contributed by atoms with E-state index in [0.29, 0.717) is 25.5 Å². The van der Waals surface area contributed by atoms with Crippen molar-refractivity contribution in [2.75, 3.05) is 13.2 Å². The van der Waals surface area contributed by atoms with Gasteiger partial charge in [-0.25, -0.2) is 4.98 Å². The topological polar surface area (TPSA) is 76.5 Å². The van der Waals surface area contributed by atoms with Gasteiger partial charge in [0, 0.05) is 19.2 Å². The minimum absolute atomic E-state index is 0.0254. The van der Waals surface area contributed by atoms with Crippen LogP contribution in [0.3, 0.4) is 0 Å². The highest BCUT2D eigenvalue weighted by atomic mass is 16.5. The van der Waals surface area contributed by atoms with Gasteiger partial charge in [-0.2, -0.15) is 0 Å². The number of nitrogens with zero attached hydrogens (tertiary/aromatic N) is 3. The van der Waals surface area contributed by atoms with E-state index in [2.05, 4.69) is 17.2 Å². The Kier molecular flexibility index (Phi) is 5.24. The molecule has 1 aromatic heterocycles.